The maximum atomic E-state index is 12.2. The van der Waals surface area contributed by atoms with Gasteiger partial charge in [-0.25, -0.2) is 4.79 Å². The van der Waals surface area contributed by atoms with Crippen LogP contribution >= 0.6 is 0 Å². The van der Waals surface area contributed by atoms with Crippen molar-refractivity contribution >= 4 is 17.6 Å². The van der Waals surface area contributed by atoms with Gasteiger partial charge in [0, 0.05) is 5.56 Å². The van der Waals surface area contributed by atoms with Crippen LogP contribution in [0, 0.1) is 6.92 Å². The Morgan fingerprint density at radius 3 is 2.33 bits per heavy atom. The van der Waals surface area contributed by atoms with Crippen molar-refractivity contribution < 1.29 is 19.4 Å². The van der Waals surface area contributed by atoms with E-state index < -0.39 is 5.97 Å². The number of carbonyl (C=O) groups excluding carboxylic acids is 1. The molecule has 0 saturated heterocycles. The zero-order valence-corrected chi connectivity index (χ0v) is 11.7. The van der Waals surface area contributed by atoms with E-state index in [1.54, 1.807) is 50.4 Å². The number of hydrogen-bond donors (Lipinski definition) is 2. The number of para-hydroxylation sites is 1. The van der Waals surface area contributed by atoms with E-state index in [0.717, 1.165) is 0 Å². The molecule has 0 fully saturated rings. The summed E-state index contributed by atoms with van der Waals surface area (Å²) in [6.45, 7) is 1.75. The molecule has 2 N–H and O–H groups in total. The number of methoxy groups -OCH3 is 1. The second kappa shape index (κ2) is 6.09. The Labute approximate surface area is 122 Å². The van der Waals surface area contributed by atoms with Crippen LogP contribution in [0.3, 0.4) is 0 Å². The van der Waals surface area contributed by atoms with Gasteiger partial charge in [0.25, 0.3) is 5.91 Å². The second-order valence-electron chi connectivity index (χ2n) is 4.49. The molecule has 0 aliphatic heterocycles. The van der Waals surface area contributed by atoms with Crippen LogP contribution in [0.5, 0.6) is 5.75 Å². The molecule has 0 atom stereocenters. The minimum atomic E-state index is -1.08. The van der Waals surface area contributed by atoms with Crippen LogP contribution in [-0.2, 0) is 0 Å². The first-order chi connectivity index (χ1) is 10.0. The second-order valence-corrected chi connectivity index (χ2v) is 4.49. The van der Waals surface area contributed by atoms with Crippen LogP contribution in [-0.4, -0.2) is 24.1 Å². The Bertz CT molecular complexity index is 677. The van der Waals surface area contributed by atoms with Gasteiger partial charge in [0.1, 0.15) is 5.75 Å². The summed E-state index contributed by atoms with van der Waals surface area (Å²) in [5.41, 5.74) is 1.50. The van der Waals surface area contributed by atoms with Crippen molar-refractivity contribution in [3.63, 3.8) is 0 Å². The van der Waals surface area contributed by atoms with Crippen molar-refractivity contribution in [2.45, 2.75) is 6.92 Å². The van der Waals surface area contributed by atoms with Gasteiger partial charge < -0.3 is 15.2 Å². The number of benzene rings is 2. The van der Waals surface area contributed by atoms with Gasteiger partial charge >= 0.3 is 5.97 Å². The highest BCUT2D eigenvalue weighted by atomic mass is 16.5. The number of rotatable bonds is 4. The average Bonchev–Trinajstić information content (AvgIpc) is 2.49. The summed E-state index contributed by atoms with van der Waals surface area (Å²) in [4.78, 5) is 23.4. The SMILES string of the molecule is COc1ccc(C(=O)Nc2c(C)cccc2C(=O)O)cc1. The Hall–Kier alpha value is -2.82. The van der Waals surface area contributed by atoms with Crippen molar-refractivity contribution in [2.75, 3.05) is 12.4 Å². The minimum absolute atomic E-state index is 0.0665. The largest absolute Gasteiger partial charge is 0.497 e. The normalized spacial score (nSPS) is 10.0. The molecule has 2 rings (SSSR count). The third-order valence-electron chi connectivity index (χ3n) is 3.09. The number of amides is 1. The van der Waals surface area contributed by atoms with E-state index in [2.05, 4.69) is 5.32 Å². The van der Waals surface area contributed by atoms with Crippen LogP contribution in [0.1, 0.15) is 26.3 Å². The molecule has 5 heteroatoms. The molecular formula is C16H15NO4. The summed E-state index contributed by atoms with van der Waals surface area (Å²) in [6, 6.07) is 11.4. The predicted octanol–water partition coefficient (Wildman–Crippen LogP) is 2.95. The summed E-state index contributed by atoms with van der Waals surface area (Å²) in [6.07, 6.45) is 0. The molecule has 0 bridgehead atoms. The van der Waals surface area contributed by atoms with Gasteiger partial charge in [-0.1, -0.05) is 12.1 Å². The third-order valence-corrected chi connectivity index (χ3v) is 3.09. The van der Waals surface area contributed by atoms with E-state index in [-0.39, 0.29) is 11.5 Å². The molecule has 0 saturated carbocycles. The highest BCUT2D eigenvalue weighted by Gasteiger charge is 2.15. The fourth-order valence-corrected chi connectivity index (χ4v) is 1.94. The fraction of sp³-hybridized carbons (Fsp3) is 0.125. The lowest BCUT2D eigenvalue weighted by molar-refractivity contribution is 0.0698. The van der Waals surface area contributed by atoms with E-state index in [1.807, 2.05) is 0 Å². The average molecular weight is 285 g/mol. The first kappa shape index (κ1) is 14.6. The van der Waals surface area contributed by atoms with Gasteiger partial charge in [0.15, 0.2) is 0 Å². The third kappa shape index (κ3) is 3.20. The molecule has 0 unspecified atom stereocenters. The number of ether oxygens (including phenoxy) is 1. The molecule has 2 aromatic rings. The molecule has 0 spiro atoms. The highest BCUT2D eigenvalue weighted by molar-refractivity contribution is 6.08. The quantitative estimate of drug-likeness (QED) is 0.905. The molecule has 108 valence electrons. The van der Waals surface area contributed by atoms with Gasteiger partial charge in [-0.3, -0.25) is 4.79 Å². The Morgan fingerprint density at radius 1 is 1.10 bits per heavy atom. The number of carbonyl (C=O) groups is 2. The van der Waals surface area contributed by atoms with Crippen molar-refractivity contribution in [1.29, 1.82) is 0 Å². The standard InChI is InChI=1S/C16H15NO4/c1-10-4-3-5-13(16(19)20)14(10)17-15(18)11-6-8-12(21-2)9-7-11/h3-9H,1-2H3,(H,17,18)(H,19,20). The first-order valence-electron chi connectivity index (χ1n) is 6.31. The Morgan fingerprint density at radius 2 is 1.76 bits per heavy atom. The smallest absolute Gasteiger partial charge is 0.337 e. The molecule has 2 aromatic carbocycles. The van der Waals surface area contributed by atoms with Gasteiger partial charge in [0.2, 0.25) is 0 Å². The van der Waals surface area contributed by atoms with Crippen molar-refractivity contribution in [3.05, 3.63) is 59.2 Å². The summed E-state index contributed by atoms with van der Waals surface area (Å²) in [5, 5.41) is 11.8. The monoisotopic (exact) mass is 285 g/mol. The van der Waals surface area contributed by atoms with Crippen LogP contribution in [0.25, 0.3) is 0 Å². The van der Waals surface area contributed by atoms with E-state index in [4.69, 9.17) is 4.74 Å². The predicted molar refractivity (Wildman–Crippen MR) is 79.1 cm³/mol. The Balaban J connectivity index is 2.29. The summed E-state index contributed by atoms with van der Waals surface area (Å²) in [7, 11) is 1.54. The lowest BCUT2D eigenvalue weighted by Gasteiger charge is -2.11. The van der Waals surface area contributed by atoms with Crippen molar-refractivity contribution in [1.82, 2.24) is 0 Å². The number of aromatic carboxylic acids is 1. The minimum Gasteiger partial charge on any atom is -0.497 e. The molecule has 1 amide bonds. The fourth-order valence-electron chi connectivity index (χ4n) is 1.94. The lowest BCUT2D eigenvalue weighted by atomic mass is 10.1. The zero-order chi connectivity index (χ0) is 15.4. The summed E-state index contributed by atoms with van der Waals surface area (Å²) in [5.74, 6) is -0.799. The number of nitrogens with one attached hydrogen (secondary N) is 1. The van der Waals surface area contributed by atoms with E-state index in [9.17, 15) is 14.7 Å². The number of carboxylic acid groups (broad SMARTS) is 1. The Kier molecular flexibility index (Phi) is 4.23. The molecule has 5 nitrogen and oxygen atoms in total. The highest BCUT2D eigenvalue weighted by Crippen LogP contribution is 2.22. The first-order valence-corrected chi connectivity index (χ1v) is 6.31. The lowest BCUT2D eigenvalue weighted by Crippen LogP contribution is -2.15. The molecule has 0 heterocycles. The van der Waals surface area contributed by atoms with E-state index in [0.29, 0.717) is 22.6 Å². The summed E-state index contributed by atoms with van der Waals surface area (Å²) >= 11 is 0. The topological polar surface area (TPSA) is 75.6 Å². The van der Waals surface area contributed by atoms with E-state index >= 15 is 0 Å². The van der Waals surface area contributed by atoms with Crippen LogP contribution in [0.2, 0.25) is 0 Å². The molecule has 0 aliphatic rings. The summed E-state index contributed by atoms with van der Waals surface area (Å²) < 4.78 is 5.03. The van der Waals surface area contributed by atoms with Crippen LogP contribution < -0.4 is 10.1 Å². The van der Waals surface area contributed by atoms with Gasteiger partial charge in [-0.05, 0) is 42.8 Å². The molecule has 0 aromatic heterocycles. The van der Waals surface area contributed by atoms with Gasteiger partial charge in [-0.2, -0.15) is 0 Å². The molecule has 0 radical (unpaired) electrons. The van der Waals surface area contributed by atoms with Gasteiger partial charge in [-0.15, -0.1) is 0 Å². The van der Waals surface area contributed by atoms with Crippen molar-refractivity contribution in [2.24, 2.45) is 0 Å². The van der Waals surface area contributed by atoms with E-state index in [1.165, 1.54) is 6.07 Å². The maximum absolute atomic E-state index is 12.2. The number of carboxylic acids is 1. The molecule has 21 heavy (non-hydrogen) atoms. The van der Waals surface area contributed by atoms with Gasteiger partial charge in [0.05, 0.1) is 18.4 Å². The number of aryl methyl sites for hydroxylation is 1. The number of anilines is 1. The number of hydrogen-bond acceptors (Lipinski definition) is 3. The van der Waals surface area contributed by atoms with Crippen LogP contribution in [0.4, 0.5) is 5.69 Å². The molecular weight excluding hydrogens is 270 g/mol. The molecule has 0 aliphatic carbocycles. The van der Waals surface area contributed by atoms with Crippen molar-refractivity contribution in [3.8, 4) is 5.75 Å². The maximum Gasteiger partial charge on any atom is 0.337 e. The van der Waals surface area contributed by atoms with Crippen LogP contribution in [0.15, 0.2) is 42.5 Å². The zero-order valence-electron chi connectivity index (χ0n) is 11.7.